The third-order valence-electron chi connectivity index (χ3n) is 3.36. The predicted octanol–water partition coefficient (Wildman–Crippen LogP) is 3.42. The van der Waals surface area contributed by atoms with Gasteiger partial charge in [-0.05, 0) is 19.1 Å². The van der Waals surface area contributed by atoms with Crippen molar-refractivity contribution in [2.75, 3.05) is 20.7 Å². The first-order chi connectivity index (χ1) is 10.5. The highest BCUT2D eigenvalue weighted by Crippen LogP contribution is 2.34. The Balaban J connectivity index is 2.46. The fraction of sp³-hybridized carbons (Fsp3) is 0.375. The summed E-state index contributed by atoms with van der Waals surface area (Å²) in [5.74, 6) is -0.825. The van der Waals surface area contributed by atoms with E-state index in [1.165, 1.54) is 29.4 Å². The van der Waals surface area contributed by atoms with Gasteiger partial charge in [0.1, 0.15) is 5.82 Å². The van der Waals surface area contributed by atoms with Crippen LogP contribution in [-0.2, 0) is 11.3 Å². The Bertz CT molecular complexity index is 736. The number of thiophene rings is 1. The van der Waals surface area contributed by atoms with Crippen LogP contribution in [0, 0.1) is 23.1 Å². The van der Waals surface area contributed by atoms with Gasteiger partial charge >= 0.3 is 0 Å². The molecule has 0 N–H and O–H groups in total. The highest BCUT2D eigenvalue weighted by atomic mass is 32.1. The van der Waals surface area contributed by atoms with Crippen molar-refractivity contribution in [2.45, 2.75) is 13.5 Å². The molecule has 0 unspecified atom stereocenters. The smallest absolute Gasteiger partial charge is 0.264 e. The summed E-state index contributed by atoms with van der Waals surface area (Å²) >= 11 is 1.26. The number of hydrogen-bond donors (Lipinski definition) is 0. The van der Waals surface area contributed by atoms with Crippen LogP contribution in [0.25, 0.3) is 10.1 Å². The average Bonchev–Trinajstić information content (AvgIpc) is 2.86. The van der Waals surface area contributed by atoms with Crippen LogP contribution in [0.3, 0.4) is 0 Å². The summed E-state index contributed by atoms with van der Waals surface area (Å²) in [4.78, 5) is 14.6. The molecule has 0 aliphatic heterocycles. The van der Waals surface area contributed by atoms with Crippen molar-refractivity contribution in [3.05, 3.63) is 34.5 Å². The molecular formula is C16H17FN2O2S. The zero-order valence-corrected chi connectivity index (χ0v) is 13.5. The Morgan fingerprint density at radius 1 is 1.55 bits per heavy atom. The maximum Gasteiger partial charge on any atom is 0.264 e. The van der Waals surface area contributed by atoms with E-state index in [-0.39, 0.29) is 24.2 Å². The van der Waals surface area contributed by atoms with Gasteiger partial charge in [0.15, 0.2) is 0 Å². The molecule has 0 aliphatic carbocycles. The Labute approximate surface area is 132 Å². The van der Waals surface area contributed by atoms with Gasteiger partial charge in [0, 0.05) is 36.4 Å². The van der Waals surface area contributed by atoms with E-state index in [0.717, 1.165) is 4.70 Å². The molecule has 6 heteroatoms. The van der Waals surface area contributed by atoms with E-state index in [1.54, 1.807) is 26.1 Å². The maximum atomic E-state index is 14.1. The number of fused-ring (bicyclic) bond motifs is 1. The molecule has 0 spiro atoms. The van der Waals surface area contributed by atoms with Gasteiger partial charge in [-0.2, -0.15) is 5.26 Å². The van der Waals surface area contributed by atoms with E-state index in [2.05, 4.69) is 6.07 Å². The molecule has 2 aromatic rings. The fourth-order valence-electron chi connectivity index (χ4n) is 2.33. The van der Waals surface area contributed by atoms with Crippen LogP contribution in [-0.4, -0.2) is 31.5 Å². The summed E-state index contributed by atoms with van der Waals surface area (Å²) in [6.45, 7) is 2.26. The zero-order valence-electron chi connectivity index (χ0n) is 12.7. The number of nitrogens with zero attached hydrogens (tertiary/aromatic N) is 2. The number of ether oxygens (including phenoxy) is 1. The van der Waals surface area contributed by atoms with E-state index in [0.29, 0.717) is 22.4 Å². The second kappa shape index (κ2) is 6.86. The minimum Gasteiger partial charge on any atom is -0.380 e. The van der Waals surface area contributed by atoms with Gasteiger partial charge in [-0.15, -0.1) is 11.3 Å². The first kappa shape index (κ1) is 16.4. The van der Waals surface area contributed by atoms with Crippen molar-refractivity contribution in [3.63, 3.8) is 0 Å². The fourth-order valence-corrected chi connectivity index (χ4v) is 3.55. The number of halogens is 1. The molecule has 4 nitrogen and oxygen atoms in total. The molecule has 0 saturated carbocycles. The molecule has 116 valence electrons. The Kier molecular flexibility index (Phi) is 5.11. The zero-order chi connectivity index (χ0) is 16.3. The van der Waals surface area contributed by atoms with Gasteiger partial charge in [0.25, 0.3) is 5.91 Å². The number of rotatable bonds is 5. The topological polar surface area (TPSA) is 53.3 Å². The van der Waals surface area contributed by atoms with Crippen molar-refractivity contribution in [2.24, 2.45) is 5.92 Å². The molecule has 0 radical (unpaired) electrons. The number of carbonyl (C=O) groups is 1. The average molecular weight is 320 g/mol. The second-order valence-electron chi connectivity index (χ2n) is 5.17. The number of methoxy groups -OCH3 is 1. The largest absolute Gasteiger partial charge is 0.380 e. The van der Waals surface area contributed by atoms with Gasteiger partial charge in [-0.1, -0.05) is 6.07 Å². The first-order valence-electron chi connectivity index (χ1n) is 6.83. The van der Waals surface area contributed by atoms with Gasteiger partial charge in [-0.25, -0.2) is 4.39 Å². The van der Waals surface area contributed by atoms with Crippen molar-refractivity contribution in [3.8, 4) is 6.07 Å². The SMILES string of the molecule is COCc1c(C(=O)N(C)C[C@@H](C)C#N)sc2cccc(F)c12. The molecule has 1 aromatic heterocycles. The normalized spacial score (nSPS) is 12.1. The van der Waals surface area contributed by atoms with E-state index < -0.39 is 0 Å². The molecule has 0 bridgehead atoms. The summed E-state index contributed by atoms with van der Waals surface area (Å²) in [7, 11) is 3.16. The van der Waals surface area contributed by atoms with Crippen molar-refractivity contribution >= 4 is 27.3 Å². The molecule has 1 heterocycles. The number of carbonyl (C=O) groups excluding carboxylic acids is 1. The van der Waals surface area contributed by atoms with E-state index in [4.69, 9.17) is 10.00 Å². The van der Waals surface area contributed by atoms with Crippen LogP contribution in [0.4, 0.5) is 4.39 Å². The molecular weight excluding hydrogens is 303 g/mol. The molecule has 0 saturated heterocycles. The molecule has 1 atom stereocenters. The first-order valence-corrected chi connectivity index (χ1v) is 7.65. The lowest BCUT2D eigenvalue weighted by molar-refractivity contribution is 0.0785. The minimum atomic E-state index is -0.354. The number of benzene rings is 1. The quantitative estimate of drug-likeness (QED) is 0.848. The van der Waals surface area contributed by atoms with Gasteiger partial charge in [0.2, 0.25) is 0 Å². The van der Waals surface area contributed by atoms with Gasteiger partial charge < -0.3 is 9.64 Å². The number of nitriles is 1. The molecule has 2 rings (SSSR count). The third-order valence-corrected chi connectivity index (χ3v) is 4.55. The number of hydrogen-bond acceptors (Lipinski definition) is 4. The molecule has 0 aliphatic rings. The highest BCUT2D eigenvalue weighted by molar-refractivity contribution is 7.21. The molecule has 0 fully saturated rings. The maximum absolute atomic E-state index is 14.1. The molecule has 1 amide bonds. The van der Waals surface area contributed by atoms with Gasteiger partial charge in [0.05, 0.1) is 23.5 Å². The van der Waals surface area contributed by atoms with E-state index >= 15 is 0 Å². The lowest BCUT2D eigenvalue weighted by Gasteiger charge is -2.18. The van der Waals surface area contributed by atoms with Gasteiger partial charge in [-0.3, -0.25) is 4.79 Å². The summed E-state index contributed by atoms with van der Waals surface area (Å²) in [6.07, 6.45) is 0. The summed E-state index contributed by atoms with van der Waals surface area (Å²) in [5, 5.41) is 9.31. The van der Waals surface area contributed by atoms with Crippen LogP contribution >= 0.6 is 11.3 Å². The summed E-state index contributed by atoms with van der Waals surface area (Å²) in [5.41, 5.74) is 0.571. The summed E-state index contributed by atoms with van der Waals surface area (Å²) < 4.78 is 20.0. The van der Waals surface area contributed by atoms with Crippen LogP contribution in [0.1, 0.15) is 22.2 Å². The standard InChI is InChI=1S/C16H17FN2O2S/c1-10(7-18)8-19(2)16(20)15-11(9-21-3)14-12(17)5-4-6-13(14)22-15/h4-6,10H,8-9H2,1-3H3/t10-/m0/s1. The predicted molar refractivity (Wildman–Crippen MR) is 84.2 cm³/mol. The van der Waals surface area contributed by atoms with Crippen LogP contribution < -0.4 is 0 Å². The monoisotopic (exact) mass is 320 g/mol. The molecule has 1 aromatic carbocycles. The van der Waals surface area contributed by atoms with Crippen molar-refractivity contribution in [1.29, 1.82) is 5.26 Å². The Morgan fingerprint density at radius 3 is 2.91 bits per heavy atom. The van der Waals surface area contributed by atoms with Crippen molar-refractivity contribution in [1.82, 2.24) is 4.90 Å². The van der Waals surface area contributed by atoms with Crippen LogP contribution in [0.15, 0.2) is 18.2 Å². The van der Waals surface area contributed by atoms with Crippen LogP contribution in [0.2, 0.25) is 0 Å². The minimum absolute atomic E-state index is 0.170. The second-order valence-corrected chi connectivity index (χ2v) is 6.22. The highest BCUT2D eigenvalue weighted by Gasteiger charge is 2.23. The third kappa shape index (κ3) is 3.11. The molecule has 22 heavy (non-hydrogen) atoms. The van der Waals surface area contributed by atoms with Crippen LogP contribution in [0.5, 0.6) is 0 Å². The Hall–Kier alpha value is -1.97. The number of amides is 1. The van der Waals surface area contributed by atoms with E-state index in [9.17, 15) is 9.18 Å². The lowest BCUT2D eigenvalue weighted by Crippen LogP contribution is -2.30. The van der Waals surface area contributed by atoms with E-state index in [1.807, 2.05) is 0 Å². The summed E-state index contributed by atoms with van der Waals surface area (Å²) in [6, 6.07) is 6.90. The lowest BCUT2D eigenvalue weighted by atomic mass is 10.1. The van der Waals surface area contributed by atoms with Crippen molar-refractivity contribution < 1.29 is 13.9 Å². The Morgan fingerprint density at radius 2 is 2.27 bits per heavy atom.